The Hall–Kier alpha value is -1.63. The molecule has 0 spiro atoms. The van der Waals surface area contributed by atoms with Crippen LogP contribution < -0.4 is 11.1 Å². The van der Waals surface area contributed by atoms with Gasteiger partial charge in [0.2, 0.25) is 5.91 Å². The first kappa shape index (κ1) is 15.4. The van der Waals surface area contributed by atoms with Crippen molar-refractivity contribution >= 4 is 17.8 Å². The van der Waals surface area contributed by atoms with Crippen molar-refractivity contribution in [3.63, 3.8) is 0 Å². The molecule has 0 saturated carbocycles. The summed E-state index contributed by atoms with van der Waals surface area (Å²) in [5.74, 6) is -2.19. The van der Waals surface area contributed by atoms with Gasteiger partial charge in [-0.25, -0.2) is 9.59 Å². The van der Waals surface area contributed by atoms with Gasteiger partial charge in [-0.3, -0.25) is 4.79 Å². The summed E-state index contributed by atoms with van der Waals surface area (Å²) in [4.78, 5) is 33.8. The Kier molecular flexibility index (Phi) is 6.88. The molecular formula is C10H18N2O5. The van der Waals surface area contributed by atoms with Crippen LogP contribution >= 0.6 is 0 Å². The topological polar surface area (TPSA) is 108 Å². The molecular weight excluding hydrogens is 228 g/mol. The normalized spacial score (nSPS) is 13.4. The second kappa shape index (κ2) is 7.61. The lowest BCUT2D eigenvalue weighted by Gasteiger charge is -2.15. The van der Waals surface area contributed by atoms with Gasteiger partial charge < -0.3 is 20.5 Å². The van der Waals surface area contributed by atoms with E-state index in [9.17, 15) is 14.4 Å². The molecule has 0 aromatic heterocycles. The molecule has 0 aliphatic carbocycles. The van der Waals surface area contributed by atoms with Gasteiger partial charge in [0.25, 0.3) is 0 Å². The van der Waals surface area contributed by atoms with Crippen molar-refractivity contribution in [1.29, 1.82) is 0 Å². The van der Waals surface area contributed by atoms with E-state index in [4.69, 9.17) is 5.73 Å². The predicted molar refractivity (Wildman–Crippen MR) is 58.8 cm³/mol. The van der Waals surface area contributed by atoms with E-state index in [2.05, 4.69) is 14.8 Å². The third-order valence-corrected chi connectivity index (χ3v) is 1.82. The number of carbonyl (C=O) groups excluding carboxylic acids is 3. The van der Waals surface area contributed by atoms with E-state index in [-0.39, 0.29) is 13.2 Å². The first-order valence-electron chi connectivity index (χ1n) is 5.33. The molecule has 2 atom stereocenters. The van der Waals surface area contributed by atoms with Gasteiger partial charge in [-0.1, -0.05) is 0 Å². The lowest BCUT2D eigenvalue weighted by atomic mass is 10.2. The third kappa shape index (κ3) is 5.30. The number of ether oxygens (including phenoxy) is 2. The highest BCUT2D eigenvalue weighted by Gasteiger charge is 2.26. The Morgan fingerprint density at radius 2 is 1.59 bits per heavy atom. The van der Waals surface area contributed by atoms with Crippen molar-refractivity contribution in [2.24, 2.45) is 5.73 Å². The molecule has 0 bridgehead atoms. The number of nitrogens with one attached hydrogen (secondary N) is 1. The van der Waals surface area contributed by atoms with Gasteiger partial charge in [0.1, 0.15) is 6.04 Å². The fourth-order valence-corrected chi connectivity index (χ4v) is 0.968. The molecule has 0 fully saturated rings. The lowest BCUT2D eigenvalue weighted by Crippen LogP contribution is -2.51. The van der Waals surface area contributed by atoms with Crippen molar-refractivity contribution < 1.29 is 23.9 Å². The largest absolute Gasteiger partial charge is 0.464 e. The number of esters is 2. The molecule has 0 heterocycles. The summed E-state index contributed by atoms with van der Waals surface area (Å²) >= 11 is 0. The lowest BCUT2D eigenvalue weighted by molar-refractivity contribution is -0.151. The highest BCUT2D eigenvalue weighted by molar-refractivity contribution is 6.02. The standard InChI is InChI=1S/C10H18N2O5/c1-4-16-9(14)6(3)12-8(13)7(11)10(15)17-5-2/h6-7H,4-5,11H2,1-3H3,(H,12,13). The van der Waals surface area contributed by atoms with E-state index < -0.39 is 29.9 Å². The zero-order valence-corrected chi connectivity index (χ0v) is 10.2. The Bertz CT molecular complexity index is 292. The zero-order valence-electron chi connectivity index (χ0n) is 10.2. The summed E-state index contributed by atoms with van der Waals surface area (Å²) in [7, 11) is 0. The molecule has 0 rings (SSSR count). The Morgan fingerprint density at radius 3 is 2.06 bits per heavy atom. The van der Waals surface area contributed by atoms with Crippen LogP contribution in [0.4, 0.5) is 0 Å². The van der Waals surface area contributed by atoms with Crippen LogP contribution in [0, 0.1) is 0 Å². The van der Waals surface area contributed by atoms with Gasteiger partial charge in [-0.2, -0.15) is 0 Å². The van der Waals surface area contributed by atoms with Crippen LogP contribution in [0.1, 0.15) is 20.8 Å². The second-order valence-electron chi connectivity index (χ2n) is 3.21. The van der Waals surface area contributed by atoms with Crippen LogP contribution in [0.25, 0.3) is 0 Å². The first-order chi connectivity index (χ1) is 7.93. The van der Waals surface area contributed by atoms with Crippen LogP contribution in [0.15, 0.2) is 0 Å². The van der Waals surface area contributed by atoms with Crippen LogP contribution in [0.2, 0.25) is 0 Å². The monoisotopic (exact) mass is 246 g/mol. The summed E-state index contributed by atoms with van der Waals surface area (Å²) in [6.07, 6.45) is 0. The van der Waals surface area contributed by atoms with Gasteiger partial charge in [-0.05, 0) is 20.8 Å². The van der Waals surface area contributed by atoms with Crippen molar-refractivity contribution in [1.82, 2.24) is 5.32 Å². The van der Waals surface area contributed by atoms with Gasteiger partial charge in [0.05, 0.1) is 13.2 Å². The number of hydrogen-bond acceptors (Lipinski definition) is 6. The van der Waals surface area contributed by atoms with Crippen LogP contribution in [-0.4, -0.2) is 43.1 Å². The number of amides is 1. The van der Waals surface area contributed by atoms with Gasteiger partial charge in [-0.15, -0.1) is 0 Å². The number of nitrogens with two attached hydrogens (primary N) is 1. The Morgan fingerprint density at radius 1 is 1.12 bits per heavy atom. The summed E-state index contributed by atoms with van der Waals surface area (Å²) in [6.45, 7) is 5.03. The maximum absolute atomic E-state index is 11.4. The van der Waals surface area contributed by atoms with Crippen LogP contribution in [0.3, 0.4) is 0 Å². The molecule has 7 nitrogen and oxygen atoms in total. The molecule has 0 radical (unpaired) electrons. The van der Waals surface area contributed by atoms with Gasteiger partial charge >= 0.3 is 11.9 Å². The molecule has 0 aromatic rings. The van der Waals surface area contributed by atoms with Gasteiger partial charge in [0, 0.05) is 0 Å². The molecule has 17 heavy (non-hydrogen) atoms. The van der Waals surface area contributed by atoms with Crippen LogP contribution in [0.5, 0.6) is 0 Å². The molecule has 1 amide bonds. The summed E-state index contributed by atoms with van der Waals surface area (Å²) in [6, 6.07) is -2.30. The van der Waals surface area contributed by atoms with E-state index in [1.165, 1.54) is 6.92 Å². The van der Waals surface area contributed by atoms with Crippen molar-refractivity contribution in [2.75, 3.05) is 13.2 Å². The molecule has 0 aliphatic rings. The fraction of sp³-hybridized carbons (Fsp3) is 0.700. The SMILES string of the molecule is CCOC(=O)C(C)NC(=O)C(N)C(=O)OCC. The van der Waals surface area contributed by atoms with E-state index in [0.717, 1.165) is 0 Å². The molecule has 2 unspecified atom stereocenters. The van der Waals surface area contributed by atoms with E-state index in [1.807, 2.05) is 0 Å². The van der Waals surface area contributed by atoms with Gasteiger partial charge in [0.15, 0.2) is 6.04 Å². The average Bonchev–Trinajstić information content (AvgIpc) is 2.28. The summed E-state index contributed by atoms with van der Waals surface area (Å²) in [5, 5.41) is 2.26. The molecule has 0 aromatic carbocycles. The Balaban J connectivity index is 4.24. The van der Waals surface area contributed by atoms with Crippen molar-refractivity contribution in [3.8, 4) is 0 Å². The molecule has 98 valence electrons. The van der Waals surface area contributed by atoms with Crippen LogP contribution in [-0.2, 0) is 23.9 Å². The maximum atomic E-state index is 11.4. The number of rotatable bonds is 6. The quantitative estimate of drug-likeness (QED) is 0.457. The molecule has 0 saturated heterocycles. The minimum Gasteiger partial charge on any atom is -0.464 e. The number of carbonyl (C=O) groups is 3. The highest BCUT2D eigenvalue weighted by atomic mass is 16.5. The second-order valence-corrected chi connectivity index (χ2v) is 3.21. The zero-order chi connectivity index (χ0) is 13.4. The van der Waals surface area contributed by atoms with E-state index in [1.54, 1.807) is 13.8 Å². The summed E-state index contributed by atoms with van der Waals surface area (Å²) < 4.78 is 9.26. The fourth-order valence-electron chi connectivity index (χ4n) is 0.968. The van der Waals surface area contributed by atoms with Crippen molar-refractivity contribution in [3.05, 3.63) is 0 Å². The van der Waals surface area contributed by atoms with E-state index >= 15 is 0 Å². The van der Waals surface area contributed by atoms with Crippen molar-refractivity contribution in [2.45, 2.75) is 32.9 Å². The smallest absolute Gasteiger partial charge is 0.332 e. The molecule has 3 N–H and O–H groups in total. The molecule has 0 aliphatic heterocycles. The minimum atomic E-state index is -1.44. The molecule has 7 heteroatoms. The average molecular weight is 246 g/mol. The Labute approximate surface area is 99.6 Å². The number of hydrogen-bond donors (Lipinski definition) is 2. The third-order valence-electron chi connectivity index (χ3n) is 1.82. The maximum Gasteiger partial charge on any atom is 0.332 e. The minimum absolute atomic E-state index is 0.132. The van der Waals surface area contributed by atoms with E-state index in [0.29, 0.717) is 0 Å². The summed E-state index contributed by atoms with van der Waals surface area (Å²) in [5.41, 5.74) is 5.33. The highest BCUT2D eigenvalue weighted by Crippen LogP contribution is 1.91. The first-order valence-corrected chi connectivity index (χ1v) is 5.33. The predicted octanol–water partition coefficient (Wildman–Crippen LogP) is -1.06.